The fourth-order valence-corrected chi connectivity index (χ4v) is 1.90. The van der Waals surface area contributed by atoms with Crippen LogP contribution >= 0.6 is 11.6 Å². The second kappa shape index (κ2) is 4.55. The van der Waals surface area contributed by atoms with Crippen LogP contribution in [0.2, 0.25) is 5.02 Å². The van der Waals surface area contributed by atoms with E-state index in [1.807, 2.05) is 19.1 Å². The van der Waals surface area contributed by atoms with Crippen molar-refractivity contribution in [2.24, 2.45) is 0 Å². The second-order valence-electron chi connectivity index (χ2n) is 3.47. The molecule has 88 valence electrons. The van der Waals surface area contributed by atoms with Crippen molar-refractivity contribution in [3.05, 3.63) is 45.6 Å². The largest absolute Gasteiger partial charge is 0.368 e. The van der Waals surface area contributed by atoms with Crippen molar-refractivity contribution in [2.75, 3.05) is 5.73 Å². The maximum atomic E-state index is 11.7. The van der Waals surface area contributed by atoms with E-state index in [4.69, 9.17) is 17.3 Å². The van der Waals surface area contributed by atoms with Crippen molar-refractivity contribution >= 4 is 17.5 Å². The Labute approximate surface area is 103 Å². The zero-order valence-electron chi connectivity index (χ0n) is 9.22. The van der Waals surface area contributed by atoms with Gasteiger partial charge in [-0.25, -0.2) is 14.3 Å². The smallest absolute Gasteiger partial charge is 0.356 e. The minimum Gasteiger partial charge on any atom is -0.368 e. The monoisotopic (exact) mass is 250 g/mol. The number of halogens is 1. The molecule has 0 aliphatic carbocycles. The maximum absolute atomic E-state index is 11.7. The number of benzene rings is 1. The van der Waals surface area contributed by atoms with E-state index in [1.165, 1.54) is 10.9 Å². The molecule has 0 fully saturated rings. The summed E-state index contributed by atoms with van der Waals surface area (Å²) in [6, 6.07) is 5.47. The van der Waals surface area contributed by atoms with Crippen LogP contribution in [0.25, 0.3) is 5.69 Å². The molecule has 6 heteroatoms. The van der Waals surface area contributed by atoms with Gasteiger partial charge >= 0.3 is 5.69 Å². The van der Waals surface area contributed by atoms with Gasteiger partial charge in [-0.3, -0.25) is 0 Å². The van der Waals surface area contributed by atoms with Crippen molar-refractivity contribution in [2.45, 2.75) is 13.3 Å². The van der Waals surface area contributed by atoms with Crippen molar-refractivity contribution in [3.8, 4) is 5.69 Å². The third kappa shape index (κ3) is 2.14. The maximum Gasteiger partial charge on any atom is 0.356 e. The van der Waals surface area contributed by atoms with Crippen LogP contribution in [0.4, 0.5) is 5.95 Å². The molecule has 0 amide bonds. The molecule has 0 unspecified atom stereocenters. The summed E-state index contributed by atoms with van der Waals surface area (Å²) >= 11 is 6.11. The summed E-state index contributed by atoms with van der Waals surface area (Å²) in [6.45, 7) is 1.98. The van der Waals surface area contributed by atoms with Crippen molar-refractivity contribution in [3.63, 3.8) is 0 Å². The number of anilines is 1. The lowest BCUT2D eigenvalue weighted by Gasteiger charge is -2.11. The molecule has 1 aromatic carbocycles. The van der Waals surface area contributed by atoms with Gasteiger partial charge in [-0.1, -0.05) is 30.7 Å². The minimum atomic E-state index is -0.486. The summed E-state index contributed by atoms with van der Waals surface area (Å²) in [5.74, 6) is -0.0450. The van der Waals surface area contributed by atoms with Crippen molar-refractivity contribution < 1.29 is 0 Å². The molecular formula is C11H11ClN4O. The first-order valence-corrected chi connectivity index (χ1v) is 5.50. The standard InChI is InChI=1S/C11H11ClN4O/c1-2-7-4-3-5-8(12)9(7)16-6-14-10(13)15-11(16)17/h3-6H,2H2,1H3,(H2,13,15,17). The summed E-state index contributed by atoms with van der Waals surface area (Å²) in [7, 11) is 0. The number of nitrogens with zero attached hydrogens (tertiary/aromatic N) is 3. The van der Waals surface area contributed by atoms with E-state index >= 15 is 0 Å². The SMILES string of the molecule is CCc1cccc(Cl)c1-n1cnc(N)nc1=O. The predicted molar refractivity (Wildman–Crippen MR) is 66.4 cm³/mol. The molecule has 0 radical (unpaired) electrons. The number of hydrogen-bond acceptors (Lipinski definition) is 4. The zero-order chi connectivity index (χ0) is 12.4. The van der Waals surface area contributed by atoms with Crippen LogP contribution in [0.1, 0.15) is 12.5 Å². The van der Waals surface area contributed by atoms with Crippen molar-refractivity contribution in [1.82, 2.24) is 14.5 Å². The molecule has 5 nitrogen and oxygen atoms in total. The Bertz CT molecular complexity index is 609. The summed E-state index contributed by atoms with van der Waals surface area (Å²) in [5, 5.41) is 0.486. The van der Waals surface area contributed by atoms with Crippen molar-refractivity contribution in [1.29, 1.82) is 0 Å². The number of aryl methyl sites for hydroxylation is 1. The van der Waals surface area contributed by atoms with Crippen LogP contribution in [0.5, 0.6) is 0 Å². The summed E-state index contributed by atoms with van der Waals surface area (Å²) in [6.07, 6.45) is 2.09. The molecule has 0 saturated carbocycles. The van der Waals surface area contributed by atoms with Gasteiger partial charge < -0.3 is 5.73 Å². The van der Waals surface area contributed by atoms with Crippen LogP contribution in [0.15, 0.2) is 29.3 Å². The predicted octanol–water partition coefficient (Wildman–Crippen LogP) is 1.43. The molecule has 0 atom stereocenters. The second-order valence-corrected chi connectivity index (χ2v) is 3.88. The van der Waals surface area contributed by atoms with Gasteiger partial charge in [-0.15, -0.1) is 0 Å². The lowest BCUT2D eigenvalue weighted by molar-refractivity contribution is 0.855. The highest BCUT2D eigenvalue weighted by atomic mass is 35.5. The first-order valence-electron chi connectivity index (χ1n) is 5.12. The molecule has 2 rings (SSSR count). The number of aromatic nitrogens is 3. The highest BCUT2D eigenvalue weighted by Crippen LogP contribution is 2.23. The fraction of sp³-hybridized carbons (Fsp3) is 0.182. The molecule has 0 bridgehead atoms. The van der Waals surface area contributed by atoms with Crippen LogP contribution < -0.4 is 11.4 Å². The Morgan fingerprint density at radius 2 is 2.24 bits per heavy atom. The fourth-order valence-electron chi connectivity index (χ4n) is 1.62. The Hall–Kier alpha value is -1.88. The minimum absolute atomic E-state index is 0.0450. The zero-order valence-corrected chi connectivity index (χ0v) is 9.98. The Balaban J connectivity index is 2.72. The summed E-state index contributed by atoms with van der Waals surface area (Å²) < 4.78 is 1.30. The van der Waals surface area contributed by atoms with Gasteiger partial charge in [0, 0.05) is 0 Å². The lowest BCUT2D eigenvalue weighted by atomic mass is 10.1. The molecule has 0 aliphatic rings. The van der Waals surface area contributed by atoms with Gasteiger partial charge in [0.25, 0.3) is 0 Å². The number of para-hydroxylation sites is 1. The third-order valence-corrected chi connectivity index (χ3v) is 2.72. The Kier molecular flexibility index (Phi) is 3.10. The number of rotatable bonds is 2. The van der Waals surface area contributed by atoms with E-state index < -0.39 is 5.69 Å². The highest BCUT2D eigenvalue weighted by molar-refractivity contribution is 6.32. The van der Waals surface area contributed by atoms with Gasteiger partial charge in [-0.05, 0) is 18.1 Å². The molecule has 0 saturated heterocycles. The third-order valence-electron chi connectivity index (χ3n) is 2.41. The molecule has 17 heavy (non-hydrogen) atoms. The number of nitrogens with two attached hydrogens (primary N) is 1. The number of hydrogen-bond donors (Lipinski definition) is 1. The van der Waals surface area contributed by atoms with Gasteiger partial charge in [0.05, 0.1) is 10.7 Å². The molecule has 2 N–H and O–H groups in total. The topological polar surface area (TPSA) is 73.8 Å². The van der Waals surface area contributed by atoms with E-state index in [-0.39, 0.29) is 5.95 Å². The summed E-state index contributed by atoms with van der Waals surface area (Å²) in [5.41, 5.74) is 6.42. The van der Waals surface area contributed by atoms with Gasteiger partial charge in [0.1, 0.15) is 6.33 Å². The molecule has 0 spiro atoms. The Morgan fingerprint density at radius 1 is 1.47 bits per heavy atom. The summed E-state index contributed by atoms with van der Waals surface area (Å²) in [4.78, 5) is 19.1. The van der Waals surface area contributed by atoms with E-state index in [9.17, 15) is 4.79 Å². The van der Waals surface area contributed by atoms with E-state index in [0.717, 1.165) is 12.0 Å². The molecule has 1 heterocycles. The molecular weight excluding hydrogens is 240 g/mol. The molecule has 0 aliphatic heterocycles. The van der Waals surface area contributed by atoms with Crippen LogP contribution in [0.3, 0.4) is 0 Å². The van der Waals surface area contributed by atoms with Crippen LogP contribution in [-0.2, 0) is 6.42 Å². The van der Waals surface area contributed by atoms with Gasteiger partial charge in [0.15, 0.2) is 0 Å². The molecule has 2 aromatic rings. The van der Waals surface area contributed by atoms with Gasteiger partial charge in [0.2, 0.25) is 5.95 Å². The quantitative estimate of drug-likeness (QED) is 0.875. The van der Waals surface area contributed by atoms with E-state index in [0.29, 0.717) is 10.7 Å². The van der Waals surface area contributed by atoms with Crippen LogP contribution in [0, 0.1) is 0 Å². The first-order chi connectivity index (χ1) is 8.13. The molecule has 1 aromatic heterocycles. The first kappa shape index (κ1) is 11.6. The highest BCUT2D eigenvalue weighted by Gasteiger charge is 2.10. The van der Waals surface area contributed by atoms with Gasteiger partial charge in [-0.2, -0.15) is 4.98 Å². The van der Waals surface area contributed by atoms with E-state index in [1.54, 1.807) is 6.07 Å². The normalized spacial score (nSPS) is 10.5. The number of nitrogen functional groups attached to an aromatic ring is 1. The lowest BCUT2D eigenvalue weighted by Crippen LogP contribution is -2.24. The average molecular weight is 251 g/mol. The van der Waals surface area contributed by atoms with E-state index in [2.05, 4.69) is 9.97 Å². The van der Waals surface area contributed by atoms with Crippen LogP contribution in [-0.4, -0.2) is 14.5 Å². The Morgan fingerprint density at radius 3 is 2.88 bits per heavy atom. The average Bonchev–Trinajstić information content (AvgIpc) is 2.30.